The maximum Gasteiger partial charge on any atom is 0.271 e. The number of nitrogens with zero attached hydrogens (tertiary/aromatic N) is 2. The number of carbonyl (C=O) groups is 1. The molecule has 0 bridgehead atoms. The summed E-state index contributed by atoms with van der Waals surface area (Å²) in [6.07, 6.45) is 1.83. The summed E-state index contributed by atoms with van der Waals surface area (Å²) < 4.78 is 27.4. The molecule has 0 aromatic heterocycles. The quantitative estimate of drug-likeness (QED) is 0.407. The van der Waals surface area contributed by atoms with Crippen molar-refractivity contribution in [2.75, 3.05) is 25.0 Å². The highest BCUT2D eigenvalue weighted by Gasteiger charge is 2.29. The van der Waals surface area contributed by atoms with E-state index in [0.29, 0.717) is 24.7 Å². The first-order chi connectivity index (χ1) is 14.2. The molecule has 0 aliphatic carbocycles. The molecule has 2 aromatic carbocycles. The standard InChI is InChI=1S/C21H25N3O5S/c1-15-5-4-10-23(14-15)30(28,29)19-7-3-6-17(11-19)21(25)13-22-20-12-18(24(26)27)9-8-16(20)2/h3,6-9,11-12,15,22H,4-5,10,13-14H2,1-2H3. The predicted molar refractivity (Wildman–Crippen MR) is 114 cm³/mol. The van der Waals surface area contributed by atoms with Crippen LogP contribution in [-0.2, 0) is 10.0 Å². The number of nitro groups is 1. The van der Waals surface area contributed by atoms with Gasteiger partial charge in [0.25, 0.3) is 5.69 Å². The molecule has 0 spiro atoms. The van der Waals surface area contributed by atoms with E-state index in [2.05, 4.69) is 5.32 Å². The Morgan fingerprint density at radius 1 is 1.27 bits per heavy atom. The third-order valence-corrected chi connectivity index (χ3v) is 7.15. The summed E-state index contributed by atoms with van der Waals surface area (Å²) in [5.41, 5.74) is 1.46. The summed E-state index contributed by atoms with van der Waals surface area (Å²) in [4.78, 5) is 23.2. The van der Waals surface area contributed by atoms with E-state index in [1.807, 2.05) is 6.92 Å². The maximum absolute atomic E-state index is 13.0. The van der Waals surface area contributed by atoms with Crippen molar-refractivity contribution < 1.29 is 18.1 Å². The zero-order valence-corrected chi connectivity index (χ0v) is 17.8. The second kappa shape index (κ2) is 8.93. The van der Waals surface area contributed by atoms with Gasteiger partial charge < -0.3 is 5.32 Å². The lowest BCUT2D eigenvalue weighted by atomic mass is 10.0. The number of ketones is 1. The van der Waals surface area contributed by atoms with Gasteiger partial charge in [0.2, 0.25) is 10.0 Å². The van der Waals surface area contributed by atoms with Crippen LogP contribution in [0.1, 0.15) is 35.7 Å². The highest BCUT2D eigenvalue weighted by molar-refractivity contribution is 7.89. The fourth-order valence-corrected chi connectivity index (χ4v) is 5.18. The third kappa shape index (κ3) is 4.85. The Morgan fingerprint density at radius 3 is 2.73 bits per heavy atom. The van der Waals surface area contributed by atoms with Crippen LogP contribution in [0.15, 0.2) is 47.4 Å². The van der Waals surface area contributed by atoms with Crippen molar-refractivity contribution in [3.8, 4) is 0 Å². The predicted octanol–water partition coefficient (Wildman–Crippen LogP) is 3.62. The summed E-state index contributed by atoms with van der Waals surface area (Å²) in [7, 11) is -3.65. The number of benzene rings is 2. The number of non-ortho nitro benzene ring substituents is 1. The molecular weight excluding hydrogens is 406 g/mol. The normalized spacial score (nSPS) is 17.5. The minimum atomic E-state index is -3.65. The number of sulfonamides is 1. The van der Waals surface area contributed by atoms with E-state index < -0.39 is 14.9 Å². The van der Waals surface area contributed by atoms with Gasteiger partial charge in [-0.1, -0.05) is 25.1 Å². The molecule has 160 valence electrons. The molecule has 8 nitrogen and oxygen atoms in total. The first-order valence-electron chi connectivity index (χ1n) is 9.81. The molecule has 0 amide bonds. The molecule has 9 heteroatoms. The van der Waals surface area contributed by atoms with Gasteiger partial charge in [-0.15, -0.1) is 0 Å². The van der Waals surface area contributed by atoms with E-state index >= 15 is 0 Å². The van der Waals surface area contributed by atoms with Crippen LogP contribution < -0.4 is 5.32 Å². The Labute approximate surface area is 176 Å². The summed E-state index contributed by atoms with van der Waals surface area (Å²) in [6.45, 7) is 4.67. The Bertz CT molecular complexity index is 1070. The fraction of sp³-hybridized carbons (Fsp3) is 0.381. The van der Waals surface area contributed by atoms with Gasteiger partial charge >= 0.3 is 0 Å². The van der Waals surface area contributed by atoms with Crippen molar-refractivity contribution in [3.05, 3.63) is 63.7 Å². The lowest BCUT2D eigenvalue weighted by Crippen LogP contribution is -2.39. The molecule has 1 aliphatic heterocycles. The molecule has 30 heavy (non-hydrogen) atoms. The number of rotatable bonds is 7. The Kier molecular flexibility index (Phi) is 6.52. The van der Waals surface area contributed by atoms with Crippen LogP contribution >= 0.6 is 0 Å². The number of piperidine rings is 1. The minimum absolute atomic E-state index is 0.0700. The second-order valence-corrected chi connectivity index (χ2v) is 9.61. The third-order valence-electron chi connectivity index (χ3n) is 5.28. The molecule has 1 unspecified atom stereocenters. The zero-order chi connectivity index (χ0) is 21.9. The topological polar surface area (TPSA) is 110 Å². The Hall–Kier alpha value is -2.78. The smallest absolute Gasteiger partial charge is 0.271 e. The molecule has 1 heterocycles. The largest absolute Gasteiger partial charge is 0.377 e. The van der Waals surface area contributed by atoms with E-state index in [9.17, 15) is 23.3 Å². The van der Waals surface area contributed by atoms with Crippen LogP contribution in [0.25, 0.3) is 0 Å². The summed E-state index contributed by atoms with van der Waals surface area (Å²) in [6, 6.07) is 10.4. The SMILES string of the molecule is Cc1ccc([N+](=O)[O-])cc1NCC(=O)c1cccc(S(=O)(=O)N2CCCC(C)C2)c1. The second-order valence-electron chi connectivity index (χ2n) is 7.67. The fourth-order valence-electron chi connectivity index (χ4n) is 3.54. The van der Waals surface area contributed by atoms with Crippen molar-refractivity contribution in [1.29, 1.82) is 0 Å². The van der Waals surface area contributed by atoms with E-state index in [0.717, 1.165) is 18.4 Å². The molecule has 1 fully saturated rings. The van der Waals surface area contributed by atoms with Crippen LogP contribution in [0.5, 0.6) is 0 Å². The molecule has 0 radical (unpaired) electrons. The van der Waals surface area contributed by atoms with Crippen LogP contribution in [0, 0.1) is 23.0 Å². The van der Waals surface area contributed by atoms with Gasteiger partial charge in [-0.25, -0.2) is 8.42 Å². The number of aryl methyl sites for hydroxylation is 1. The van der Waals surface area contributed by atoms with Gasteiger partial charge in [0.05, 0.1) is 16.4 Å². The van der Waals surface area contributed by atoms with Crippen LogP contribution in [0.3, 0.4) is 0 Å². The lowest BCUT2D eigenvalue weighted by molar-refractivity contribution is -0.384. The Morgan fingerprint density at radius 2 is 2.03 bits per heavy atom. The molecular formula is C21H25N3O5S. The first kappa shape index (κ1) is 21.9. The van der Waals surface area contributed by atoms with Gasteiger partial charge in [0, 0.05) is 36.5 Å². The van der Waals surface area contributed by atoms with Crippen LogP contribution in [0.2, 0.25) is 0 Å². The average Bonchev–Trinajstić information content (AvgIpc) is 2.72. The van der Waals surface area contributed by atoms with E-state index in [1.165, 1.54) is 28.6 Å². The van der Waals surface area contributed by atoms with Gasteiger partial charge in [0.15, 0.2) is 5.78 Å². The molecule has 2 aromatic rings. The van der Waals surface area contributed by atoms with Gasteiger partial charge in [-0.2, -0.15) is 4.31 Å². The number of nitrogens with one attached hydrogen (secondary N) is 1. The van der Waals surface area contributed by atoms with E-state index in [-0.39, 0.29) is 28.5 Å². The zero-order valence-electron chi connectivity index (χ0n) is 17.0. The summed E-state index contributed by atoms with van der Waals surface area (Å²) in [5, 5.41) is 13.9. The summed E-state index contributed by atoms with van der Waals surface area (Å²) >= 11 is 0. The number of nitro benzene ring substituents is 1. The number of hydrogen-bond donors (Lipinski definition) is 1. The van der Waals surface area contributed by atoms with Crippen molar-refractivity contribution in [2.24, 2.45) is 5.92 Å². The van der Waals surface area contributed by atoms with Crippen molar-refractivity contribution in [1.82, 2.24) is 4.31 Å². The van der Waals surface area contributed by atoms with E-state index in [4.69, 9.17) is 0 Å². The number of hydrogen-bond acceptors (Lipinski definition) is 6. The molecule has 1 aliphatic rings. The molecule has 0 saturated carbocycles. The molecule has 1 saturated heterocycles. The number of anilines is 1. The van der Waals surface area contributed by atoms with Gasteiger partial charge in [-0.3, -0.25) is 14.9 Å². The number of Topliss-reactive ketones (excluding diaryl/α,β-unsaturated/α-hetero) is 1. The van der Waals surface area contributed by atoms with Gasteiger partial charge in [0.1, 0.15) is 0 Å². The van der Waals surface area contributed by atoms with Gasteiger partial charge in [-0.05, 0) is 43.4 Å². The molecule has 3 rings (SSSR count). The highest BCUT2D eigenvalue weighted by atomic mass is 32.2. The van der Waals surface area contributed by atoms with Crippen molar-refractivity contribution in [3.63, 3.8) is 0 Å². The van der Waals surface area contributed by atoms with Crippen LogP contribution in [-0.4, -0.2) is 43.1 Å². The monoisotopic (exact) mass is 431 g/mol. The maximum atomic E-state index is 13.0. The lowest BCUT2D eigenvalue weighted by Gasteiger charge is -2.30. The van der Waals surface area contributed by atoms with E-state index in [1.54, 1.807) is 25.1 Å². The summed E-state index contributed by atoms with van der Waals surface area (Å²) in [5.74, 6) is 0.00526. The first-order valence-corrected chi connectivity index (χ1v) is 11.2. The minimum Gasteiger partial charge on any atom is -0.377 e. The molecule has 1 N–H and O–H groups in total. The van der Waals surface area contributed by atoms with Crippen molar-refractivity contribution in [2.45, 2.75) is 31.6 Å². The number of carbonyl (C=O) groups excluding carboxylic acids is 1. The molecule has 1 atom stereocenters. The highest BCUT2D eigenvalue weighted by Crippen LogP contribution is 2.25. The van der Waals surface area contributed by atoms with Crippen LogP contribution in [0.4, 0.5) is 11.4 Å². The Balaban J connectivity index is 1.75. The van der Waals surface area contributed by atoms with Crippen molar-refractivity contribution >= 4 is 27.2 Å². The average molecular weight is 432 g/mol.